The first-order valence-electron chi connectivity index (χ1n) is 9.50. The Morgan fingerprint density at radius 2 is 1.43 bits per heavy atom. The molecule has 0 unspecified atom stereocenters. The van der Waals surface area contributed by atoms with Gasteiger partial charge in [-0.25, -0.2) is 0 Å². The van der Waals surface area contributed by atoms with Gasteiger partial charge in [0.15, 0.2) is 6.61 Å². The lowest BCUT2D eigenvalue weighted by Gasteiger charge is -2.10. The van der Waals surface area contributed by atoms with Crippen LogP contribution in [-0.2, 0) is 4.79 Å². The maximum atomic E-state index is 12.1. The molecule has 28 heavy (non-hydrogen) atoms. The lowest BCUT2D eigenvalue weighted by Crippen LogP contribution is -2.36. The first-order chi connectivity index (χ1) is 13.5. The van der Waals surface area contributed by atoms with Crippen molar-refractivity contribution in [2.24, 2.45) is 0 Å². The van der Waals surface area contributed by atoms with Gasteiger partial charge in [0, 0.05) is 18.7 Å². The van der Waals surface area contributed by atoms with Gasteiger partial charge in [0.1, 0.15) is 11.5 Å². The highest BCUT2D eigenvalue weighted by atomic mass is 16.5. The molecule has 0 aliphatic rings. The molecule has 2 aromatic rings. The Kier molecular flexibility index (Phi) is 8.34. The molecule has 150 valence electrons. The summed E-state index contributed by atoms with van der Waals surface area (Å²) in [6.45, 7) is 7.33. The lowest BCUT2D eigenvalue weighted by molar-refractivity contribution is -0.123. The molecule has 0 saturated heterocycles. The van der Waals surface area contributed by atoms with E-state index in [0.717, 1.165) is 5.75 Å². The van der Waals surface area contributed by atoms with Gasteiger partial charge in [-0.3, -0.25) is 9.59 Å². The lowest BCUT2D eigenvalue weighted by atomic mass is 10.0. The molecule has 0 fully saturated rings. The number of amides is 2. The van der Waals surface area contributed by atoms with Gasteiger partial charge in [-0.05, 0) is 54.8 Å². The van der Waals surface area contributed by atoms with Gasteiger partial charge >= 0.3 is 0 Å². The van der Waals surface area contributed by atoms with Crippen LogP contribution in [0, 0.1) is 0 Å². The highest BCUT2D eigenvalue weighted by molar-refractivity contribution is 5.94. The number of carbonyl (C=O) groups is 2. The topological polar surface area (TPSA) is 76.7 Å². The standard InChI is InChI=1S/C22H28N2O4/c1-4-27-19-9-11-20(12-10-19)28-15-21(25)23-13-14-24-22(26)18-7-5-17(6-8-18)16(2)3/h5-12,16H,4,13-15H2,1-3H3,(H,23,25)(H,24,26). The van der Waals surface area contributed by atoms with E-state index in [0.29, 0.717) is 36.9 Å². The minimum atomic E-state index is -0.246. The normalized spacial score (nSPS) is 10.4. The van der Waals surface area contributed by atoms with E-state index >= 15 is 0 Å². The molecule has 0 aliphatic carbocycles. The third-order valence-electron chi connectivity index (χ3n) is 4.08. The van der Waals surface area contributed by atoms with Crippen molar-refractivity contribution >= 4 is 11.8 Å². The zero-order valence-corrected chi connectivity index (χ0v) is 16.7. The molecule has 0 radical (unpaired) electrons. The minimum Gasteiger partial charge on any atom is -0.494 e. The van der Waals surface area contributed by atoms with Crippen molar-refractivity contribution in [1.82, 2.24) is 10.6 Å². The predicted octanol–water partition coefficient (Wildman–Crippen LogP) is 3.13. The SMILES string of the molecule is CCOc1ccc(OCC(=O)NCCNC(=O)c2ccc(C(C)C)cc2)cc1. The quantitative estimate of drug-likeness (QED) is 0.617. The third-order valence-corrected chi connectivity index (χ3v) is 4.08. The van der Waals surface area contributed by atoms with Crippen LogP contribution in [0.5, 0.6) is 11.5 Å². The van der Waals surface area contributed by atoms with Gasteiger partial charge in [0.05, 0.1) is 6.61 Å². The first kappa shape index (κ1) is 21.3. The van der Waals surface area contributed by atoms with E-state index in [2.05, 4.69) is 24.5 Å². The second-order valence-electron chi connectivity index (χ2n) is 6.58. The molecule has 6 heteroatoms. The Labute approximate surface area is 166 Å². The summed E-state index contributed by atoms with van der Waals surface area (Å²) in [4.78, 5) is 23.9. The molecule has 0 bridgehead atoms. The number of hydrogen-bond acceptors (Lipinski definition) is 4. The minimum absolute atomic E-state index is 0.0847. The van der Waals surface area contributed by atoms with Crippen LogP contribution in [0.25, 0.3) is 0 Å². The van der Waals surface area contributed by atoms with E-state index in [-0.39, 0.29) is 18.4 Å². The van der Waals surface area contributed by atoms with Crippen molar-refractivity contribution in [3.63, 3.8) is 0 Å². The Morgan fingerprint density at radius 3 is 2.00 bits per heavy atom. The smallest absolute Gasteiger partial charge is 0.258 e. The van der Waals surface area contributed by atoms with Crippen LogP contribution in [0.3, 0.4) is 0 Å². The first-order valence-corrected chi connectivity index (χ1v) is 9.50. The van der Waals surface area contributed by atoms with Crippen LogP contribution in [0.15, 0.2) is 48.5 Å². The second kappa shape index (κ2) is 11.0. The molecule has 0 atom stereocenters. The average molecular weight is 384 g/mol. The van der Waals surface area contributed by atoms with Crippen LogP contribution in [0.4, 0.5) is 0 Å². The Hall–Kier alpha value is -3.02. The highest BCUT2D eigenvalue weighted by Gasteiger charge is 2.07. The number of ether oxygens (including phenoxy) is 2. The largest absolute Gasteiger partial charge is 0.494 e. The summed E-state index contributed by atoms with van der Waals surface area (Å²) >= 11 is 0. The fraction of sp³-hybridized carbons (Fsp3) is 0.364. The van der Waals surface area contributed by atoms with Gasteiger partial charge in [-0.1, -0.05) is 26.0 Å². The van der Waals surface area contributed by atoms with Crippen LogP contribution in [-0.4, -0.2) is 38.1 Å². The zero-order chi connectivity index (χ0) is 20.4. The molecule has 0 aliphatic heterocycles. The summed E-state index contributed by atoms with van der Waals surface area (Å²) in [6.07, 6.45) is 0. The molecule has 2 aromatic carbocycles. The molecule has 2 rings (SSSR count). The van der Waals surface area contributed by atoms with E-state index in [1.54, 1.807) is 24.3 Å². The molecular formula is C22H28N2O4. The predicted molar refractivity (Wildman–Crippen MR) is 109 cm³/mol. The van der Waals surface area contributed by atoms with E-state index in [1.807, 2.05) is 31.2 Å². The molecule has 6 nitrogen and oxygen atoms in total. The van der Waals surface area contributed by atoms with Crippen molar-refractivity contribution in [3.8, 4) is 11.5 Å². The maximum Gasteiger partial charge on any atom is 0.258 e. The molecule has 2 amide bonds. The molecule has 0 spiro atoms. The summed E-state index contributed by atoms with van der Waals surface area (Å²) in [6, 6.07) is 14.6. The van der Waals surface area contributed by atoms with Crippen molar-refractivity contribution in [2.75, 3.05) is 26.3 Å². The van der Waals surface area contributed by atoms with Gasteiger partial charge < -0.3 is 20.1 Å². The summed E-state index contributed by atoms with van der Waals surface area (Å²) in [5.74, 6) is 1.38. The van der Waals surface area contributed by atoms with Crippen molar-refractivity contribution in [3.05, 3.63) is 59.7 Å². The van der Waals surface area contributed by atoms with E-state index in [1.165, 1.54) is 5.56 Å². The molecule has 0 saturated carbocycles. The third kappa shape index (κ3) is 6.95. The monoisotopic (exact) mass is 384 g/mol. The second-order valence-corrected chi connectivity index (χ2v) is 6.58. The summed E-state index contributed by atoms with van der Waals surface area (Å²) in [5.41, 5.74) is 1.80. The number of rotatable bonds is 10. The molecule has 0 aromatic heterocycles. The fourth-order valence-electron chi connectivity index (χ4n) is 2.50. The van der Waals surface area contributed by atoms with Crippen LogP contribution < -0.4 is 20.1 Å². The average Bonchev–Trinajstić information content (AvgIpc) is 2.71. The molecule has 2 N–H and O–H groups in total. The van der Waals surface area contributed by atoms with E-state index in [9.17, 15) is 9.59 Å². The summed E-state index contributed by atoms with van der Waals surface area (Å²) in [7, 11) is 0. The number of hydrogen-bond donors (Lipinski definition) is 2. The zero-order valence-electron chi connectivity index (χ0n) is 16.7. The van der Waals surface area contributed by atoms with Crippen LogP contribution in [0.2, 0.25) is 0 Å². The summed E-state index contributed by atoms with van der Waals surface area (Å²) in [5, 5.41) is 5.50. The number of nitrogens with one attached hydrogen (secondary N) is 2. The van der Waals surface area contributed by atoms with Gasteiger partial charge in [-0.15, -0.1) is 0 Å². The van der Waals surface area contributed by atoms with Crippen LogP contribution in [0.1, 0.15) is 42.6 Å². The maximum absolute atomic E-state index is 12.1. The number of benzene rings is 2. The van der Waals surface area contributed by atoms with Crippen molar-refractivity contribution < 1.29 is 19.1 Å². The van der Waals surface area contributed by atoms with E-state index < -0.39 is 0 Å². The molecular weight excluding hydrogens is 356 g/mol. The Bertz CT molecular complexity index is 755. The fourth-order valence-corrected chi connectivity index (χ4v) is 2.50. The Morgan fingerprint density at radius 1 is 0.857 bits per heavy atom. The van der Waals surface area contributed by atoms with E-state index in [4.69, 9.17) is 9.47 Å². The van der Waals surface area contributed by atoms with Crippen molar-refractivity contribution in [1.29, 1.82) is 0 Å². The van der Waals surface area contributed by atoms with Crippen molar-refractivity contribution in [2.45, 2.75) is 26.7 Å². The van der Waals surface area contributed by atoms with Gasteiger partial charge in [0.25, 0.3) is 11.8 Å². The van der Waals surface area contributed by atoms with Gasteiger partial charge in [-0.2, -0.15) is 0 Å². The Balaban J connectivity index is 1.64. The molecule has 0 heterocycles. The van der Waals surface area contributed by atoms with Gasteiger partial charge in [0.2, 0.25) is 0 Å². The summed E-state index contributed by atoms with van der Waals surface area (Å²) < 4.78 is 10.8. The number of carbonyl (C=O) groups excluding carboxylic acids is 2. The highest BCUT2D eigenvalue weighted by Crippen LogP contribution is 2.17. The van der Waals surface area contributed by atoms with Crippen LogP contribution >= 0.6 is 0 Å².